The number of hydrogen-bond donors (Lipinski definition) is 1. The van der Waals surface area contributed by atoms with Crippen molar-refractivity contribution >= 4 is 12.0 Å². The highest BCUT2D eigenvalue weighted by atomic mass is 127. The predicted octanol–water partition coefficient (Wildman–Crippen LogP) is 0.396. The number of nitrogens with one attached hydrogen (secondary N) is 1. The lowest BCUT2D eigenvalue weighted by Crippen LogP contribution is -3.00. The Hall–Kier alpha value is -1.14. The second-order valence-corrected chi connectivity index (χ2v) is 7.92. The molecule has 1 spiro atoms. The van der Waals surface area contributed by atoms with E-state index in [-0.39, 0.29) is 29.4 Å². The Labute approximate surface area is 166 Å². The van der Waals surface area contributed by atoms with E-state index in [0.29, 0.717) is 12.0 Å². The summed E-state index contributed by atoms with van der Waals surface area (Å²) in [5.41, 5.74) is 6.41. The number of nitrogens with zero attached hydrogens (tertiary/aromatic N) is 1. The molecule has 132 valence electrons. The lowest BCUT2D eigenvalue weighted by atomic mass is 9.61. The lowest BCUT2D eigenvalue weighted by Gasteiger charge is -2.53. The number of carbonyl (C=O) groups excluding carboxylic acids is 1. The third kappa shape index (κ3) is 1.87. The smallest absolute Gasteiger partial charge is 0.148 e. The fourth-order valence-electron chi connectivity index (χ4n) is 6.37. The Morgan fingerprint density at radius 3 is 2.88 bits per heavy atom. The van der Waals surface area contributed by atoms with Gasteiger partial charge in [-0.1, -0.05) is 24.3 Å². The summed E-state index contributed by atoms with van der Waals surface area (Å²) >= 11 is 0. The second-order valence-electron chi connectivity index (χ2n) is 7.92. The van der Waals surface area contributed by atoms with E-state index in [1.54, 1.807) is 0 Å². The van der Waals surface area contributed by atoms with Crippen molar-refractivity contribution in [3.63, 3.8) is 0 Å². The molecule has 0 aromatic heterocycles. The van der Waals surface area contributed by atoms with Gasteiger partial charge in [-0.2, -0.15) is 0 Å². The van der Waals surface area contributed by atoms with E-state index in [0.717, 1.165) is 31.2 Å². The summed E-state index contributed by atoms with van der Waals surface area (Å²) < 4.78 is 1.20. The van der Waals surface area contributed by atoms with Crippen molar-refractivity contribution in [2.24, 2.45) is 5.92 Å². The Kier molecular flexibility index (Phi) is 3.93. The monoisotopic (exact) mass is 448 g/mol. The Morgan fingerprint density at radius 1 is 1.36 bits per heavy atom. The molecule has 1 N–H and O–H groups in total. The van der Waals surface area contributed by atoms with Gasteiger partial charge in [0.2, 0.25) is 0 Å². The average Bonchev–Trinajstić information content (AvgIpc) is 3.15. The SMILES string of the molecule is CC=C1C[N+]2(CC)CC[C@]34C(=C(C=O)[C@H]1C[C@@H]32)Nc1ccccc14.[I-]. The normalized spacial score (nSPS) is 38.7. The van der Waals surface area contributed by atoms with Crippen LogP contribution in [-0.4, -0.2) is 36.4 Å². The molecule has 4 aliphatic rings. The number of anilines is 1. The van der Waals surface area contributed by atoms with Crippen LogP contribution in [0.15, 0.2) is 47.2 Å². The number of likely N-dealkylation sites (N-methyl/N-ethyl adjacent to an activating group) is 1. The van der Waals surface area contributed by atoms with Gasteiger partial charge in [0.05, 0.1) is 18.5 Å². The third-order valence-corrected chi connectivity index (χ3v) is 7.49. The van der Waals surface area contributed by atoms with Gasteiger partial charge in [0.15, 0.2) is 0 Å². The molecule has 2 bridgehead atoms. The van der Waals surface area contributed by atoms with Gasteiger partial charge in [0, 0.05) is 35.7 Å². The minimum absolute atomic E-state index is 0. The molecule has 3 nitrogen and oxygen atoms in total. The van der Waals surface area contributed by atoms with Crippen LogP contribution in [0.5, 0.6) is 0 Å². The van der Waals surface area contributed by atoms with Crippen LogP contribution < -0.4 is 29.3 Å². The van der Waals surface area contributed by atoms with Gasteiger partial charge >= 0.3 is 0 Å². The first-order valence-electron chi connectivity index (χ1n) is 9.27. The fourth-order valence-corrected chi connectivity index (χ4v) is 6.37. The van der Waals surface area contributed by atoms with Crippen molar-refractivity contribution in [1.29, 1.82) is 0 Å². The van der Waals surface area contributed by atoms with Crippen LogP contribution in [0, 0.1) is 5.92 Å². The topological polar surface area (TPSA) is 29.1 Å². The standard InChI is InChI=1S/C21H24N2O.HI/c1-3-14-12-23(4-2)10-9-21-17-7-5-6-8-18(17)22-20(21)16(13-24)15(14)11-19(21)23;/h3,5-8,13,15,19H,4,9-12H2,1-2H3;1H/t15-,19-,21+,23?;/m0./s1. The molecular weight excluding hydrogens is 423 g/mol. The molecule has 3 heterocycles. The van der Waals surface area contributed by atoms with E-state index in [2.05, 4.69) is 49.5 Å². The largest absolute Gasteiger partial charge is 1.00 e. The summed E-state index contributed by atoms with van der Waals surface area (Å²) in [5.74, 6) is 0.318. The number of benzene rings is 1. The number of rotatable bonds is 2. The highest BCUT2D eigenvalue weighted by molar-refractivity contribution is 5.84. The summed E-state index contributed by atoms with van der Waals surface area (Å²) in [6.45, 7) is 8.01. The Bertz CT molecular complexity index is 814. The number of hydrogen-bond acceptors (Lipinski definition) is 2. The van der Waals surface area contributed by atoms with Crippen LogP contribution in [-0.2, 0) is 10.2 Å². The van der Waals surface area contributed by atoms with Crippen molar-refractivity contribution < 1.29 is 33.3 Å². The molecule has 1 aromatic rings. The average molecular weight is 448 g/mol. The van der Waals surface area contributed by atoms with Gasteiger partial charge < -0.3 is 33.8 Å². The van der Waals surface area contributed by atoms with Gasteiger partial charge in [-0.25, -0.2) is 0 Å². The van der Waals surface area contributed by atoms with Crippen LogP contribution in [0.1, 0.15) is 32.3 Å². The summed E-state index contributed by atoms with van der Waals surface area (Å²) in [6, 6.07) is 9.33. The van der Waals surface area contributed by atoms with E-state index in [9.17, 15) is 4.79 Å². The number of piperidine rings is 1. The maximum Gasteiger partial charge on any atom is 0.148 e. The quantitative estimate of drug-likeness (QED) is 0.307. The maximum absolute atomic E-state index is 12.1. The van der Waals surface area contributed by atoms with Crippen molar-refractivity contribution in [3.05, 3.63) is 52.7 Å². The summed E-state index contributed by atoms with van der Waals surface area (Å²) in [7, 11) is 0. The minimum atomic E-state index is 0. The van der Waals surface area contributed by atoms with Crippen LogP contribution in [0.2, 0.25) is 0 Å². The number of quaternary nitrogens is 1. The van der Waals surface area contributed by atoms with Crippen molar-refractivity contribution in [2.75, 3.05) is 25.0 Å². The first kappa shape index (κ1) is 17.3. The summed E-state index contributed by atoms with van der Waals surface area (Å²) in [4.78, 5) is 12.1. The Balaban J connectivity index is 0.00000157. The van der Waals surface area contributed by atoms with Gasteiger partial charge in [-0.3, -0.25) is 4.79 Å². The summed E-state index contributed by atoms with van der Waals surface area (Å²) in [6.07, 6.45) is 5.70. The molecule has 3 aliphatic heterocycles. The van der Waals surface area contributed by atoms with E-state index in [4.69, 9.17) is 0 Å². The highest BCUT2D eigenvalue weighted by Gasteiger charge is 2.67. The zero-order valence-corrected chi connectivity index (χ0v) is 17.0. The van der Waals surface area contributed by atoms with Crippen LogP contribution >= 0.6 is 0 Å². The molecule has 2 saturated heterocycles. The van der Waals surface area contributed by atoms with Crippen LogP contribution in [0.25, 0.3) is 0 Å². The zero-order valence-electron chi connectivity index (χ0n) is 14.9. The molecule has 2 fully saturated rings. The number of allylic oxidation sites excluding steroid dienone is 2. The highest BCUT2D eigenvalue weighted by Crippen LogP contribution is 2.63. The first-order valence-corrected chi connectivity index (χ1v) is 9.27. The van der Waals surface area contributed by atoms with Gasteiger partial charge in [0.1, 0.15) is 18.9 Å². The second kappa shape index (κ2) is 5.68. The molecule has 4 atom stereocenters. The first-order chi connectivity index (χ1) is 11.7. The van der Waals surface area contributed by atoms with Crippen LogP contribution in [0.3, 0.4) is 0 Å². The molecule has 0 radical (unpaired) electrons. The number of fused-ring (bicyclic) bond motifs is 2. The van der Waals surface area contributed by atoms with E-state index in [1.807, 2.05) is 0 Å². The van der Waals surface area contributed by atoms with Crippen molar-refractivity contribution in [2.45, 2.75) is 38.1 Å². The van der Waals surface area contributed by atoms with Gasteiger partial charge in [-0.15, -0.1) is 0 Å². The van der Waals surface area contributed by atoms with E-state index >= 15 is 0 Å². The molecule has 1 unspecified atom stereocenters. The molecule has 0 amide bonds. The number of halogens is 1. The van der Waals surface area contributed by atoms with E-state index < -0.39 is 0 Å². The molecule has 1 aromatic carbocycles. The Morgan fingerprint density at radius 2 is 2.16 bits per heavy atom. The third-order valence-electron chi connectivity index (χ3n) is 7.49. The lowest BCUT2D eigenvalue weighted by molar-refractivity contribution is -0.940. The predicted molar refractivity (Wildman–Crippen MR) is 95.6 cm³/mol. The molecular formula is C21H25IN2O. The minimum Gasteiger partial charge on any atom is -1.00 e. The van der Waals surface area contributed by atoms with Crippen molar-refractivity contribution in [1.82, 2.24) is 0 Å². The number of aldehydes is 1. The molecule has 25 heavy (non-hydrogen) atoms. The van der Waals surface area contributed by atoms with Crippen LogP contribution in [0.4, 0.5) is 5.69 Å². The molecule has 4 heteroatoms. The molecule has 1 aliphatic carbocycles. The molecule has 0 saturated carbocycles. The summed E-state index contributed by atoms with van der Waals surface area (Å²) in [5, 5.41) is 3.68. The van der Waals surface area contributed by atoms with Gasteiger partial charge in [0.25, 0.3) is 0 Å². The van der Waals surface area contributed by atoms with Crippen molar-refractivity contribution in [3.8, 4) is 0 Å². The van der Waals surface area contributed by atoms with Gasteiger partial charge in [-0.05, 0) is 31.1 Å². The zero-order chi connectivity index (χ0) is 16.5. The maximum atomic E-state index is 12.1. The van der Waals surface area contributed by atoms with E-state index in [1.165, 1.54) is 40.1 Å². The number of carbonyl (C=O) groups is 1. The fraction of sp³-hybridized carbons (Fsp3) is 0.476. The number of para-hydroxylation sites is 1. The molecule has 5 rings (SSSR count).